The molecule has 0 N–H and O–H groups in total. The van der Waals surface area contributed by atoms with Gasteiger partial charge in [0.2, 0.25) is 0 Å². The van der Waals surface area contributed by atoms with E-state index in [1.807, 2.05) is 18.2 Å². The molecule has 0 aromatic heterocycles. The number of unbranched alkanes of at least 4 members (excludes halogenated alkanes) is 2. The summed E-state index contributed by atoms with van der Waals surface area (Å²) in [6.45, 7) is 2.10. The van der Waals surface area contributed by atoms with Gasteiger partial charge in [-0.15, -0.1) is 0 Å². The van der Waals surface area contributed by atoms with Crippen molar-refractivity contribution in [1.29, 1.82) is 0 Å². The minimum Gasteiger partial charge on any atom is -0.299 e. The van der Waals surface area contributed by atoms with Crippen molar-refractivity contribution in [1.82, 2.24) is 0 Å². The van der Waals surface area contributed by atoms with Crippen molar-refractivity contribution in [3.63, 3.8) is 0 Å². The summed E-state index contributed by atoms with van der Waals surface area (Å²) < 4.78 is 0. The summed E-state index contributed by atoms with van der Waals surface area (Å²) in [7, 11) is 0. The Morgan fingerprint density at radius 1 is 1.06 bits per heavy atom. The van der Waals surface area contributed by atoms with E-state index in [1.165, 1.54) is 0 Å². The van der Waals surface area contributed by atoms with Crippen LogP contribution in [-0.4, -0.2) is 11.6 Å². The van der Waals surface area contributed by atoms with Gasteiger partial charge in [0, 0.05) is 12.0 Å². The first kappa shape index (κ1) is 12.6. The number of rotatable bonds is 7. The lowest BCUT2D eigenvalue weighted by atomic mass is 10.0. The molecule has 1 rings (SSSR count). The minimum absolute atomic E-state index is 0.0493. The lowest BCUT2D eigenvalue weighted by Gasteiger charge is -2.00. The number of hydrogen-bond acceptors (Lipinski definition) is 2. The molecule has 0 aliphatic rings. The van der Waals surface area contributed by atoms with E-state index in [9.17, 15) is 9.59 Å². The highest BCUT2D eigenvalue weighted by atomic mass is 16.1. The highest BCUT2D eigenvalue weighted by Gasteiger charge is 2.10. The first-order chi connectivity index (χ1) is 7.74. The second-order valence-corrected chi connectivity index (χ2v) is 3.96. The van der Waals surface area contributed by atoms with E-state index in [0.29, 0.717) is 12.0 Å². The number of carbonyl (C=O) groups is 2. The van der Waals surface area contributed by atoms with Gasteiger partial charge < -0.3 is 0 Å². The second-order valence-electron chi connectivity index (χ2n) is 3.96. The smallest absolute Gasteiger partial charge is 0.170 e. The Morgan fingerprint density at radius 2 is 1.75 bits per heavy atom. The van der Waals surface area contributed by atoms with E-state index in [0.717, 1.165) is 19.3 Å². The fourth-order valence-electron chi connectivity index (χ4n) is 1.57. The maximum Gasteiger partial charge on any atom is 0.170 e. The van der Waals surface area contributed by atoms with Crippen molar-refractivity contribution >= 4 is 11.6 Å². The van der Waals surface area contributed by atoms with E-state index in [-0.39, 0.29) is 18.0 Å². The molecule has 2 nitrogen and oxygen atoms in total. The third-order valence-corrected chi connectivity index (χ3v) is 2.51. The van der Waals surface area contributed by atoms with Crippen LogP contribution in [-0.2, 0) is 4.79 Å². The van der Waals surface area contributed by atoms with E-state index >= 15 is 0 Å². The normalized spacial score (nSPS) is 10.1. The minimum atomic E-state index is -0.0675. The van der Waals surface area contributed by atoms with Gasteiger partial charge in [-0.25, -0.2) is 0 Å². The predicted octanol–water partition coefficient (Wildman–Crippen LogP) is 3.41. The molecule has 1 aromatic carbocycles. The summed E-state index contributed by atoms with van der Waals surface area (Å²) in [6, 6.07) is 8.99. The zero-order chi connectivity index (χ0) is 11.8. The van der Waals surface area contributed by atoms with Gasteiger partial charge >= 0.3 is 0 Å². The molecular weight excluding hydrogens is 200 g/mol. The van der Waals surface area contributed by atoms with Gasteiger partial charge in [0.15, 0.2) is 5.78 Å². The van der Waals surface area contributed by atoms with Crippen LogP contribution in [0.25, 0.3) is 0 Å². The molecular formula is C14H18O2. The maximum absolute atomic E-state index is 11.7. The van der Waals surface area contributed by atoms with E-state index in [4.69, 9.17) is 0 Å². The Labute approximate surface area is 96.7 Å². The molecule has 0 saturated carbocycles. The Hall–Kier alpha value is -1.44. The molecule has 0 unspecified atom stereocenters. The van der Waals surface area contributed by atoms with Crippen LogP contribution in [0.1, 0.15) is 49.4 Å². The number of carbonyl (C=O) groups excluding carboxylic acids is 2. The van der Waals surface area contributed by atoms with Gasteiger partial charge in [0.25, 0.3) is 0 Å². The summed E-state index contributed by atoms with van der Waals surface area (Å²) in [5, 5.41) is 0. The first-order valence-electron chi connectivity index (χ1n) is 5.84. The van der Waals surface area contributed by atoms with Crippen LogP contribution in [0.15, 0.2) is 30.3 Å². The number of hydrogen-bond donors (Lipinski definition) is 0. The molecule has 0 spiro atoms. The number of ketones is 2. The average molecular weight is 218 g/mol. The fourth-order valence-corrected chi connectivity index (χ4v) is 1.57. The van der Waals surface area contributed by atoms with Crippen LogP contribution in [0, 0.1) is 0 Å². The van der Waals surface area contributed by atoms with Crippen LogP contribution >= 0.6 is 0 Å². The Bertz CT molecular complexity index is 341. The molecule has 1 aromatic rings. The van der Waals surface area contributed by atoms with Gasteiger partial charge in [0.1, 0.15) is 5.78 Å². The topological polar surface area (TPSA) is 34.1 Å². The molecule has 0 bridgehead atoms. The van der Waals surface area contributed by atoms with Crippen molar-refractivity contribution < 1.29 is 9.59 Å². The van der Waals surface area contributed by atoms with Crippen LogP contribution in [0.2, 0.25) is 0 Å². The van der Waals surface area contributed by atoms with Crippen LogP contribution in [0.3, 0.4) is 0 Å². The fraction of sp³-hybridized carbons (Fsp3) is 0.429. The lowest BCUT2D eigenvalue weighted by Crippen LogP contribution is -2.07. The van der Waals surface area contributed by atoms with Gasteiger partial charge in [0.05, 0.1) is 6.42 Å². The van der Waals surface area contributed by atoms with Gasteiger partial charge in [-0.3, -0.25) is 9.59 Å². The van der Waals surface area contributed by atoms with Gasteiger partial charge in [-0.05, 0) is 6.42 Å². The molecule has 0 saturated heterocycles. The summed E-state index contributed by atoms with van der Waals surface area (Å²) in [5.41, 5.74) is 0.631. The quantitative estimate of drug-likeness (QED) is 0.399. The summed E-state index contributed by atoms with van der Waals surface area (Å²) in [5.74, 6) is -0.00981. The lowest BCUT2D eigenvalue weighted by molar-refractivity contribution is -0.118. The summed E-state index contributed by atoms with van der Waals surface area (Å²) >= 11 is 0. The predicted molar refractivity (Wildman–Crippen MR) is 64.5 cm³/mol. The highest BCUT2D eigenvalue weighted by Crippen LogP contribution is 2.07. The second kappa shape index (κ2) is 6.94. The monoisotopic (exact) mass is 218 g/mol. The third kappa shape index (κ3) is 4.39. The highest BCUT2D eigenvalue weighted by molar-refractivity contribution is 6.07. The van der Waals surface area contributed by atoms with Gasteiger partial charge in [-0.1, -0.05) is 50.1 Å². The van der Waals surface area contributed by atoms with Crippen LogP contribution < -0.4 is 0 Å². The third-order valence-electron chi connectivity index (χ3n) is 2.51. The Balaban J connectivity index is 2.37. The van der Waals surface area contributed by atoms with Crippen molar-refractivity contribution in [3.8, 4) is 0 Å². The largest absolute Gasteiger partial charge is 0.299 e. The molecule has 0 aliphatic carbocycles. The SMILES string of the molecule is CCCCCC(=O)CC(=O)c1ccccc1. The maximum atomic E-state index is 11.7. The molecule has 86 valence electrons. The van der Waals surface area contributed by atoms with Gasteiger partial charge in [-0.2, -0.15) is 0 Å². The standard InChI is InChI=1S/C14H18O2/c1-2-3-5-10-13(15)11-14(16)12-8-6-4-7-9-12/h4,6-9H,2-3,5,10-11H2,1H3. The Kier molecular flexibility index (Phi) is 5.48. The Morgan fingerprint density at radius 3 is 2.38 bits per heavy atom. The van der Waals surface area contributed by atoms with E-state index in [2.05, 4.69) is 6.92 Å². The molecule has 0 amide bonds. The first-order valence-corrected chi connectivity index (χ1v) is 5.84. The number of Topliss-reactive ketones (excluding diaryl/α,β-unsaturated/α-hetero) is 2. The zero-order valence-electron chi connectivity index (χ0n) is 9.74. The number of benzene rings is 1. The van der Waals surface area contributed by atoms with Crippen molar-refractivity contribution in [2.24, 2.45) is 0 Å². The van der Waals surface area contributed by atoms with Crippen LogP contribution in [0.5, 0.6) is 0 Å². The average Bonchev–Trinajstić information content (AvgIpc) is 2.30. The van der Waals surface area contributed by atoms with E-state index in [1.54, 1.807) is 12.1 Å². The van der Waals surface area contributed by atoms with Crippen molar-refractivity contribution in [2.75, 3.05) is 0 Å². The van der Waals surface area contributed by atoms with Crippen molar-refractivity contribution in [3.05, 3.63) is 35.9 Å². The molecule has 16 heavy (non-hydrogen) atoms. The zero-order valence-corrected chi connectivity index (χ0v) is 9.74. The van der Waals surface area contributed by atoms with Crippen molar-refractivity contribution in [2.45, 2.75) is 39.0 Å². The molecule has 0 atom stereocenters. The molecule has 0 aliphatic heterocycles. The molecule has 2 heteroatoms. The molecule has 0 heterocycles. The summed E-state index contributed by atoms with van der Waals surface area (Å²) in [4.78, 5) is 23.1. The van der Waals surface area contributed by atoms with Crippen LogP contribution in [0.4, 0.5) is 0 Å². The van der Waals surface area contributed by atoms with E-state index < -0.39 is 0 Å². The summed E-state index contributed by atoms with van der Waals surface area (Å²) in [6.07, 6.45) is 3.64. The molecule has 0 radical (unpaired) electrons. The molecule has 0 fully saturated rings.